The zero-order valence-corrected chi connectivity index (χ0v) is 17.0. The normalized spacial score (nSPS) is 21.1. The molecule has 0 bridgehead atoms. The third kappa shape index (κ3) is 5.44. The minimum absolute atomic E-state index is 0.137. The van der Waals surface area contributed by atoms with Gasteiger partial charge in [-0.1, -0.05) is 25.0 Å². The fraction of sp³-hybridized carbons (Fsp3) is 0.565. The van der Waals surface area contributed by atoms with E-state index in [1.807, 2.05) is 11.0 Å². The summed E-state index contributed by atoms with van der Waals surface area (Å²) < 4.78 is 19.4. The first-order valence-electron chi connectivity index (χ1n) is 10.9. The van der Waals surface area contributed by atoms with Crippen LogP contribution in [0.1, 0.15) is 61.7 Å². The van der Waals surface area contributed by atoms with Crippen molar-refractivity contribution >= 4 is 5.91 Å². The Balaban J connectivity index is 1.34. The van der Waals surface area contributed by atoms with Crippen LogP contribution >= 0.6 is 0 Å². The lowest BCUT2D eigenvalue weighted by Gasteiger charge is -2.33. The number of benzene rings is 1. The van der Waals surface area contributed by atoms with Gasteiger partial charge in [0.25, 0.3) is 0 Å². The van der Waals surface area contributed by atoms with Gasteiger partial charge in [-0.25, -0.2) is 9.37 Å². The fourth-order valence-electron chi connectivity index (χ4n) is 4.43. The number of carbonyl (C=O) groups is 1. The van der Waals surface area contributed by atoms with Crippen LogP contribution in [0.5, 0.6) is 0 Å². The second kappa shape index (κ2) is 9.53. The highest BCUT2D eigenvalue weighted by atomic mass is 19.1. The van der Waals surface area contributed by atoms with Gasteiger partial charge in [0.2, 0.25) is 5.91 Å². The molecule has 156 valence electrons. The number of rotatable bonds is 5. The number of likely N-dealkylation sites (tertiary alicyclic amines) is 2. The molecule has 0 radical (unpaired) electrons. The van der Waals surface area contributed by atoms with Crippen molar-refractivity contribution < 1.29 is 13.6 Å². The average Bonchev–Trinajstić information content (AvgIpc) is 3.03. The molecule has 0 N–H and O–H groups in total. The Morgan fingerprint density at radius 2 is 1.97 bits per heavy atom. The molecule has 5 nitrogen and oxygen atoms in total. The Hall–Kier alpha value is -2.21. The third-order valence-electron chi connectivity index (χ3n) is 6.02. The molecule has 1 aromatic heterocycles. The number of hydrogen-bond acceptors (Lipinski definition) is 4. The lowest BCUT2D eigenvalue weighted by Crippen LogP contribution is -2.44. The Morgan fingerprint density at radius 1 is 1.14 bits per heavy atom. The molecule has 2 aliphatic heterocycles. The number of halogens is 1. The van der Waals surface area contributed by atoms with Crippen molar-refractivity contribution in [3.05, 3.63) is 53.5 Å². The molecule has 2 aromatic rings. The fourth-order valence-corrected chi connectivity index (χ4v) is 4.43. The summed E-state index contributed by atoms with van der Waals surface area (Å²) in [5.41, 5.74) is 0.866. The van der Waals surface area contributed by atoms with Gasteiger partial charge < -0.3 is 9.32 Å². The predicted octanol–water partition coefficient (Wildman–Crippen LogP) is 3.99. The molecule has 0 aliphatic carbocycles. The molecule has 3 heterocycles. The first-order chi connectivity index (χ1) is 14.2. The maximum atomic E-state index is 13.4. The van der Waals surface area contributed by atoms with E-state index in [-0.39, 0.29) is 17.6 Å². The molecule has 29 heavy (non-hydrogen) atoms. The number of oxazole rings is 1. The zero-order chi connectivity index (χ0) is 20.1. The highest BCUT2D eigenvalue weighted by molar-refractivity contribution is 5.78. The predicted molar refractivity (Wildman–Crippen MR) is 109 cm³/mol. The number of hydrogen-bond donors (Lipinski definition) is 0. The van der Waals surface area contributed by atoms with Crippen LogP contribution in [0.2, 0.25) is 0 Å². The number of amides is 1. The number of carbonyl (C=O) groups excluding carboxylic acids is 1. The maximum absolute atomic E-state index is 13.4. The van der Waals surface area contributed by atoms with Gasteiger partial charge in [-0.2, -0.15) is 0 Å². The van der Waals surface area contributed by atoms with Gasteiger partial charge in [0.1, 0.15) is 11.6 Å². The van der Waals surface area contributed by atoms with Gasteiger partial charge in [0.15, 0.2) is 5.89 Å². The first kappa shape index (κ1) is 20.1. The van der Waals surface area contributed by atoms with Gasteiger partial charge in [-0.15, -0.1) is 0 Å². The van der Waals surface area contributed by atoms with Gasteiger partial charge in [0.05, 0.1) is 18.7 Å². The number of nitrogens with zero attached hydrogens (tertiary/aromatic N) is 3. The van der Waals surface area contributed by atoms with Crippen molar-refractivity contribution in [3.8, 4) is 0 Å². The smallest absolute Gasteiger partial charge is 0.236 e. The van der Waals surface area contributed by atoms with Crippen LogP contribution in [0.25, 0.3) is 0 Å². The lowest BCUT2D eigenvalue weighted by atomic mass is 9.98. The summed E-state index contributed by atoms with van der Waals surface area (Å²) in [6, 6.07) is 6.55. The lowest BCUT2D eigenvalue weighted by molar-refractivity contribution is -0.133. The van der Waals surface area contributed by atoms with E-state index in [2.05, 4.69) is 9.88 Å². The molecule has 0 spiro atoms. The Kier molecular flexibility index (Phi) is 6.60. The summed E-state index contributed by atoms with van der Waals surface area (Å²) >= 11 is 0. The van der Waals surface area contributed by atoms with E-state index in [9.17, 15) is 9.18 Å². The summed E-state index contributed by atoms with van der Waals surface area (Å²) in [5, 5.41) is 0. The largest absolute Gasteiger partial charge is 0.445 e. The maximum Gasteiger partial charge on any atom is 0.236 e. The third-order valence-corrected chi connectivity index (χ3v) is 6.02. The molecular formula is C23H30FN3O2. The Labute approximate surface area is 171 Å². The number of piperidine rings is 1. The standard InChI is InChI=1S/C23H30FN3O2/c24-20-9-5-7-18(13-20)14-21-15-25-23(29-21)19-8-6-12-27(16-19)22(28)17-26-10-3-1-2-4-11-26/h5,7,9,13,15,19H,1-4,6,8,10-12,14,16-17H2. The molecule has 1 aromatic carbocycles. The Morgan fingerprint density at radius 3 is 2.76 bits per heavy atom. The molecule has 4 rings (SSSR count). The van der Waals surface area contributed by atoms with Crippen molar-refractivity contribution in [2.24, 2.45) is 0 Å². The zero-order valence-electron chi connectivity index (χ0n) is 17.0. The van der Waals surface area contributed by atoms with E-state index in [1.165, 1.54) is 37.8 Å². The molecular weight excluding hydrogens is 369 g/mol. The van der Waals surface area contributed by atoms with Crippen molar-refractivity contribution in [3.63, 3.8) is 0 Å². The molecule has 1 unspecified atom stereocenters. The van der Waals surface area contributed by atoms with E-state index in [1.54, 1.807) is 12.3 Å². The van der Waals surface area contributed by atoms with Crippen LogP contribution in [-0.4, -0.2) is 53.4 Å². The van der Waals surface area contributed by atoms with Crippen molar-refractivity contribution in [2.45, 2.75) is 50.9 Å². The van der Waals surface area contributed by atoms with E-state index < -0.39 is 0 Å². The summed E-state index contributed by atoms with van der Waals surface area (Å²) in [5.74, 6) is 1.55. The van der Waals surface area contributed by atoms with Gasteiger partial charge in [-0.05, 0) is 56.5 Å². The van der Waals surface area contributed by atoms with Crippen LogP contribution in [0.3, 0.4) is 0 Å². The van der Waals surface area contributed by atoms with Gasteiger partial charge in [0, 0.05) is 19.5 Å². The summed E-state index contributed by atoms with van der Waals surface area (Å²) in [4.78, 5) is 21.6. The van der Waals surface area contributed by atoms with Crippen LogP contribution in [0.4, 0.5) is 4.39 Å². The monoisotopic (exact) mass is 399 g/mol. The topological polar surface area (TPSA) is 49.6 Å². The van der Waals surface area contributed by atoms with E-state index in [0.29, 0.717) is 25.4 Å². The minimum Gasteiger partial charge on any atom is -0.445 e. The van der Waals surface area contributed by atoms with Gasteiger partial charge >= 0.3 is 0 Å². The molecule has 6 heteroatoms. The minimum atomic E-state index is -0.243. The van der Waals surface area contributed by atoms with Crippen LogP contribution in [0.15, 0.2) is 34.9 Å². The average molecular weight is 400 g/mol. The van der Waals surface area contributed by atoms with E-state index in [4.69, 9.17) is 4.42 Å². The van der Waals surface area contributed by atoms with Crippen molar-refractivity contribution in [1.82, 2.24) is 14.8 Å². The van der Waals surface area contributed by atoms with Crippen LogP contribution in [0, 0.1) is 5.82 Å². The van der Waals surface area contributed by atoms with Crippen LogP contribution < -0.4 is 0 Å². The second-order valence-electron chi connectivity index (χ2n) is 8.34. The first-order valence-corrected chi connectivity index (χ1v) is 10.9. The quantitative estimate of drug-likeness (QED) is 0.763. The van der Waals surface area contributed by atoms with E-state index in [0.717, 1.165) is 43.8 Å². The highest BCUT2D eigenvalue weighted by Gasteiger charge is 2.28. The second-order valence-corrected chi connectivity index (χ2v) is 8.34. The van der Waals surface area contributed by atoms with Crippen molar-refractivity contribution in [2.75, 3.05) is 32.7 Å². The summed E-state index contributed by atoms with van der Waals surface area (Å²) in [6.07, 6.45) is 9.15. The number of aromatic nitrogens is 1. The van der Waals surface area contributed by atoms with Crippen molar-refractivity contribution in [1.29, 1.82) is 0 Å². The molecule has 1 atom stereocenters. The molecule has 0 saturated carbocycles. The molecule has 1 amide bonds. The highest BCUT2D eigenvalue weighted by Crippen LogP contribution is 2.27. The SMILES string of the molecule is O=C(CN1CCCCCC1)N1CCCC(c2ncc(Cc3cccc(F)c3)o2)C1. The summed E-state index contributed by atoms with van der Waals surface area (Å²) in [6.45, 7) is 4.09. The molecule has 2 fully saturated rings. The molecule has 2 saturated heterocycles. The van der Waals surface area contributed by atoms with E-state index >= 15 is 0 Å². The molecule has 2 aliphatic rings. The Bertz CT molecular complexity index is 814. The summed E-state index contributed by atoms with van der Waals surface area (Å²) in [7, 11) is 0. The van der Waals surface area contributed by atoms with Crippen LogP contribution in [-0.2, 0) is 11.2 Å². The van der Waals surface area contributed by atoms with Gasteiger partial charge in [-0.3, -0.25) is 9.69 Å².